The molecule has 2 rings (SSSR count). The van der Waals surface area contributed by atoms with Gasteiger partial charge in [-0.1, -0.05) is 12.1 Å². The standard InChI is InChI=1S/C11H11NO2/c1-7-6-8-4-3-5-9(10(8)12-7)11(13)14-2/h3-6,12H,1-2H3. The molecule has 0 bridgehead atoms. The zero-order chi connectivity index (χ0) is 10.1. The Labute approximate surface area is 81.7 Å². The Morgan fingerprint density at radius 1 is 1.43 bits per heavy atom. The van der Waals surface area contributed by atoms with Gasteiger partial charge in [0.2, 0.25) is 0 Å². The molecule has 0 saturated carbocycles. The lowest BCUT2D eigenvalue weighted by molar-refractivity contribution is 0.0603. The SMILES string of the molecule is COC(=O)c1cccc2cc(C)[nH]c12. The number of para-hydroxylation sites is 1. The second-order valence-electron chi connectivity index (χ2n) is 3.21. The zero-order valence-corrected chi connectivity index (χ0v) is 8.13. The highest BCUT2D eigenvalue weighted by atomic mass is 16.5. The number of benzene rings is 1. The number of ether oxygens (including phenoxy) is 1. The Morgan fingerprint density at radius 3 is 2.93 bits per heavy atom. The van der Waals surface area contributed by atoms with Gasteiger partial charge in [0.05, 0.1) is 18.2 Å². The van der Waals surface area contributed by atoms with Crippen molar-refractivity contribution in [2.75, 3.05) is 7.11 Å². The first kappa shape index (κ1) is 8.81. The molecule has 0 unspecified atom stereocenters. The number of aryl methyl sites for hydroxylation is 1. The van der Waals surface area contributed by atoms with Crippen LogP contribution in [0.5, 0.6) is 0 Å². The summed E-state index contributed by atoms with van der Waals surface area (Å²) < 4.78 is 4.69. The van der Waals surface area contributed by atoms with Crippen molar-refractivity contribution in [3.63, 3.8) is 0 Å². The molecule has 1 aromatic carbocycles. The van der Waals surface area contributed by atoms with Crippen molar-refractivity contribution in [1.29, 1.82) is 0 Å². The lowest BCUT2D eigenvalue weighted by Crippen LogP contribution is -2.01. The molecular weight excluding hydrogens is 178 g/mol. The zero-order valence-electron chi connectivity index (χ0n) is 8.13. The monoisotopic (exact) mass is 189 g/mol. The minimum absolute atomic E-state index is 0.308. The number of aromatic nitrogens is 1. The normalized spacial score (nSPS) is 10.4. The Kier molecular flexibility index (Phi) is 2.00. The van der Waals surface area contributed by atoms with Gasteiger partial charge in [0.15, 0.2) is 0 Å². The highest BCUT2D eigenvalue weighted by molar-refractivity contribution is 6.03. The van der Waals surface area contributed by atoms with Crippen molar-refractivity contribution in [3.8, 4) is 0 Å². The molecule has 14 heavy (non-hydrogen) atoms. The van der Waals surface area contributed by atoms with Gasteiger partial charge in [-0.3, -0.25) is 0 Å². The van der Waals surface area contributed by atoms with Crippen LogP contribution < -0.4 is 0 Å². The fraction of sp³-hybridized carbons (Fsp3) is 0.182. The van der Waals surface area contributed by atoms with Crippen LogP contribution in [-0.4, -0.2) is 18.1 Å². The van der Waals surface area contributed by atoms with Crippen molar-refractivity contribution < 1.29 is 9.53 Å². The Bertz CT molecular complexity index is 485. The third-order valence-electron chi connectivity index (χ3n) is 2.20. The number of esters is 1. The fourth-order valence-corrected chi connectivity index (χ4v) is 1.58. The van der Waals surface area contributed by atoms with Gasteiger partial charge >= 0.3 is 5.97 Å². The van der Waals surface area contributed by atoms with Gasteiger partial charge < -0.3 is 9.72 Å². The van der Waals surface area contributed by atoms with E-state index in [9.17, 15) is 4.79 Å². The van der Waals surface area contributed by atoms with Gasteiger partial charge in [0.25, 0.3) is 0 Å². The van der Waals surface area contributed by atoms with Crippen LogP contribution in [0.2, 0.25) is 0 Å². The largest absolute Gasteiger partial charge is 0.465 e. The van der Waals surface area contributed by atoms with Crippen LogP contribution in [0.4, 0.5) is 0 Å². The number of methoxy groups -OCH3 is 1. The van der Waals surface area contributed by atoms with Crippen LogP contribution in [0.25, 0.3) is 10.9 Å². The van der Waals surface area contributed by atoms with Gasteiger partial charge in [-0.05, 0) is 19.1 Å². The number of H-pyrrole nitrogens is 1. The quantitative estimate of drug-likeness (QED) is 0.699. The van der Waals surface area contributed by atoms with E-state index in [-0.39, 0.29) is 5.97 Å². The highest BCUT2D eigenvalue weighted by Crippen LogP contribution is 2.19. The molecule has 0 aliphatic heterocycles. The predicted molar refractivity (Wildman–Crippen MR) is 54.4 cm³/mol. The van der Waals surface area contributed by atoms with E-state index >= 15 is 0 Å². The summed E-state index contributed by atoms with van der Waals surface area (Å²) >= 11 is 0. The summed E-state index contributed by atoms with van der Waals surface area (Å²) in [4.78, 5) is 14.5. The number of rotatable bonds is 1. The van der Waals surface area contributed by atoms with Crippen molar-refractivity contribution in [2.45, 2.75) is 6.92 Å². The van der Waals surface area contributed by atoms with E-state index in [4.69, 9.17) is 4.74 Å². The minimum Gasteiger partial charge on any atom is -0.465 e. The Balaban J connectivity index is 2.70. The predicted octanol–water partition coefficient (Wildman–Crippen LogP) is 2.26. The van der Waals surface area contributed by atoms with Gasteiger partial charge in [-0.25, -0.2) is 4.79 Å². The van der Waals surface area contributed by atoms with Crippen LogP contribution in [-0.2, 0) is 4.74 Å². The topological polar surface area (TPSA) is 42.1 Å². The number of carbonyl (C=O) groups is 1. The summed E-state index contributed by atoms with van der Waals surface area (Å²) in [5.74, 6) is -0.308. The summed E-state index contributed by atoms with van der Waals surface area (Å²) in [7, 11) is 1.39. The molecule has 2 aromatic rings. The molecule has 0 amide bonds. The first-order valence-electron chi connectivity index (χ1n) is 4.39. The molecule has 1 aromatic heterocycles. The molecule has 1 heterocycles. The third-order valence-corrected chi connectivity index (χ3v) is 2.20. The number of carbonyl (C=O) groups excluding carboxylic acids is 1. The van der Waals surface area contributed by atoms with E-state index in [1.165, 1.54) is 7.11 Å². The second-order valence-corrected chi connectivity index (χ2v) is 3.21. The molecule has 0 radical (unpaired) electrons. The van der Waals surface area contributed by atoms with Crippen molar-refractivity contribution in [3.05, 3.63) is 35.5 Å². The maximum atomic E-state index is 11.4. The molecule has 72 valence electrons. The summed E-state index contributed by atoms with van der Waals surface area (Å²) in [6.07, 6.45) is 0. The minimum atomic E-state index is -0.308. The number of hydrogen-bond acceptors (Lipinski definition) is 2. The Morgan fingerprint density at radius 2 is 2.21 bits per heavy atom. The second kappa shape index (κ2) is 3.18. The summed E-state index contributed by atoms with van der Waals surface area (Å²) in [5, 5.41) is 1.03. The molecule has 0 aliphatic rings. The van der Waals surface area contributed by atoms with E-state index < -0.39 is 0 Å². The molecule has 3 nitrogen and oxygen atoms in total. The van der Waals surface area contributed by atoms with Crippen LogP contribution >= 0.6 is 0 Å². The maximum absolute atomic E-state index is 11.4. The van der Waals surface area contributed by atoms with Crippen molar-refractivity contribution in [1.82, 2.24) is 4.98 Å². The van der Waals surface area contributed by atoms with Crippen LogP contribution in [0.1, 0.15) is 16.1 Å². The summed E-state index contributed by atoms with van der Waals surface area (Å²) in [5.41, 5.74) is 2.46. The van der Waals surface area contributed by atoms with E-state index in [1.807, 2.05) is 25.1 Å². The molecule has 0 aliphatic carbocycles. The van der Waals surface area contributed by atoms with Crippen molar-refractivity contribution in [2.24, 2.45) is 0 Å². The summed E-state index contributed by atoms with van der Waals surface area (Å²) in [6, 6.07) is 7.57. The van der Waals surface area contributed by atoms with E-state index in [2.05, 4.69) is 4.98 Å². The van der Waals surface area contributed by atoms with Crippen LogP contribution in [0, 0.1) is 6.92 Å². The number of aromatic amines is 1. The van der Waals surface area contributed by atoms with E-state index in [0.717, 1.165) is 16.6 Å². The summed E-state index contributed by atoms with van der Waals surface area (Å²) in [6.45, 7) is 1.96. The molecule has 0 spiro atoms. The molecular formula is C11H11NO2. The van der Waals surface area contributed by atoms with E-state index in [0.29, 0.717) is 5.56 Å². The molecule has 0 fully saturated rings. The first-order valence-corrected chi connectivity index (χ1v) is 4.39. The lowest BCUT2D eigenvalue weighted by atomic mass is 10.1. The number of hydrogen-bond donors (Lipinski definition) is 1. The molecule has 0 saturated heterocycles. The fourth-order valence-electron chi connectivity index (χ4n) is 1.58. The van der Waals surface area contributed by atoms with Gasteiger partial charge in [0, 0.05) is 11.1 Å². The molecule has 3 heteroatoms. The van der Waals surface area contributed by atoms with Gasteiger partial charge in [-0.15, -0.1) is 0 Å². The van der Waals surface area contributed by atoms with Gasteiger partial charge in [-0.2, -0.15) is 0 Å². The number of fused-ring (bicyclic) bond motifs is 1. The van der Waals surface area contributed by atoms with E-state index in [1.54, 1.807) is 6.07 Å². The van der Waals surface area contributed by atoms with Crippen LogP contribution in [0.3, 0.4) is 0 Å². The van der Waals surface area contributed by atoms with Gasteiger partial charge in [0.1, 0.15) is 0 Å². The smallest absolute Gasteiger partial charge is 0.339 e. The number of nitrogens with one attached hydrogen (secondary N) is 1. The highest BCUT2D eigenvalue weighted by Gasteiger charge is 2.10. The average molecular weight is 189 g/mol. The maximum Gasteiger partial charge on any atom is 0.339 e. The Hall–Kier alpha value is -1.77. The molecule has 0 atom stereocenters. The van der Waals surface area contributed by atoms with Crippen molar-refractivity contribution >= 4 is 16.9 Å². The third kappa shape index (κ3) is 1.27. The lowest BCUT2D eigenvalue weighted by Gasteiger charge is -1.99. The molecule has 1 N–H and O–H groups in total. The van der Waals surface area contributed by atoms with Crippen LogP contribution in [0.15, 0.2) is 24.3 Å². The first-order chi connectivity index (χ1) is 6.72. The average Bonchev–Trinajstić information content (AvgIpc) is 2.56.